The number of rotatable bonds is 9. The van der Waals surface area contributed by atoms with Gasteiger partial charge in [-0.3, -0.25) is 14.4 Å². The topological polar surface area (TPSA) is 78.5 Å². The van der Waals surface area contributed by atoms with Crippen LogP contribution in [0.3, 0.4) is 0 Å². The number of unbranched alkanes of at least 4 members (excludes halogenated alkanes) is 1. The summed E-state index contributed by atoms with van der Waals surface area (Å²) in [6.07, 6.45) is 7.04. The summed E-state index contributed by atoms with van der Waals surface area (Å²) >= 11 is 0. The van der Waals surface area contributed by atoms with Gasteiger partial charge in [-0.1, -0.05) is 50.3 Å². The zero-order valence-corrected chi connectivity index (χ0v) is 17.1. The number of anilines is 1. The summed E-state index contributed by atoms with van der Waals surface area (Å²) in [6, 6.07) is 7.47. The monoisotopic (exact) mass is 387 g/mol. The number of hydrogen-bond acceptors (Lipinski definition) is 3. The van der Waals surface area contributed by atoms with Crippen LogP contribution < -0.4 is 10.6 Å². The van der Waals surface area contributed by atoms with Gasteiger partial charge in [0, 0.05) is 18.2 Å². The molecule has 1 aliphatic rings. The molecule has 3 amide bonds. The molecule has 154 valence electrons. The van der Waals surface area contributed by atoms with Crippen molar-refractivity contribution >= 4 is 23.4 Å². The minimum absolute atomic E-state index is 0.0210. The van der Waals surface area contributed by atoms with Crippen molar-refractivity contribution in [2.45, 2.75) is 58.8 Å². The van der Waals surface area contributed by atoms with E-state index in [0.717, 1.165) is 44.1 Å². The summed E-state index contributed by atoms with van der Waals surface area (Å²) in [4.78, 5) is 38.8. The minimum atomic E-state index is -0.292. The molecule has 0 heterocycles. The molecule has 1 aliphatic carbocycles. The Labute approximate surface area is 168 Å². The Morgan fingerprint density at radius 3 is 2.36 bits per heavy atom. The first-order valence-corrected chi connectivity index (χ1v) is 10.4. The molecule has 0 bridgehead atoms. The lowest BCUT2D eigenvalue weighted by molar-refractivity contribution is -0.140. The summed E-state index contributed by atoms with van der Waals surface area (Å²) in [5.74, 6) is -0.439. The van der Waals surface area contributed by atoms with E-state index in [1.54, 1.807) is 4.90 Å². The number of carbonyl (C=O) groups excluding carboxylic acids is 3. The van der Waals surface area contributed by atoms with Crippen molar-refractivity contribution in [1.82, 2.24) is 10.2 Å². The van der Waals surface area contributed by atoms with Crippen LogP contribution in [0.25, 0.3) is 0 Å². The van der Waals surface area contributed by atoms with Gasteiger partial charge in [0.25, 0.3) is 0 Å². The summed E-state index contributed by atoms with van der Waals surface area (Å²) in [6.45, 7) is 4.55. The maximum Gasteiger partial charge on any atom is 0.243 e. The third-order valence-electron chi connectivity index (χ3n) is 5.16. The average molecular weight is 388 g/mol. The van der Waals surface area contributed by atoms with Gasteiger partial charge in [-0.2, -0.15) is 0 Å². The molecule has 0 aliphatic heterocycles. The standard InChI is InChI=1S/C22H33N3O3/c1-3-4-14-25(22(28)18-8-6-5-7-9-18)16-21(27)23-15-20(26)24-19-12-10-17(2)11-13-19/h10-13,18H,3-9,14-16H2,1-2H3,(H,23,27)(H,24,26). The van der Waals surface area contributed by atoms with Crippen LogP contribution in [0.4, 0.5) is 5.69 Å². The molecule has 6 heteroatoms. The van der Waals surface area contributed by atoms with E-state index >= 15 is 0 Å². The molecule has 0 radical (unpaired) electrons. The second kappa shape index (κ2) is 11.5. The first-order valence-electron chi connectivity index (χ1n) is 10.4. The van der Waals surface area contributed by atoms with Gasteiger partial charge in [-0.15, -0.1) is 0 Å². The second-order valence-corrected chi connectivity index (χ2v) is 7.64. The number of carbonyl (C=O) groups is 3. The van der Waals surface area contributed by atoms with Crippen LogP contribution >= 0.6 is 0 Å². The fourth-order valence-electron chi connectivity index (χ4n) is 3.47. The highest BCUT2D eigenvalue weighted by Gasteiger charge is 2.27. The maximum absolute atomic E-state index is 12.8. The van der Waals surface area contributed by atoms with Crippen LogP contribution in [-0.2, 0) is 14.4 Å². The Morgan fingerprint density at radius 1 is 1.04 bits per heavy atom. The third kappa shape index (κ3) is 7.33. The number of nitrogens with one attached hydrogen (secondary N) is 2. The van der Waals surface area contributed by atoms with E-state index in [2.05, 4.69) is 17.6 Å². The number of amides is 3. The molecule has 2 N–H and O–H groups in total. The van der Waals surface area contributed by atoms with Crippen LogP contribution in [0.15, 0.2) is 24.3 Å². The fourth-order valence-corrected chi connectivity index (χ4v) is 3.47. The minimum Gasteiger partial charge on any atom is -0.345 e. The SMILES string of the molecule is CCCCN(CC(=O)NCC(=O)Nc1ccc(C)cc1)C(=O)C1CCCCC1. The highest BCUT2D eigenvalue weighted by Crippen LogP contribution is 2.25. The van der Waals surface area contributed by atoms with E-state index in [9.17, 15) is 14.4 Å². The van der Waals surface area contributed by atoms with Crippen molar-refractivity contribution in [1.29, 1.82) is 0 Å². The Balaban J connectivity index is 1.81. The summed E-state index contributed by atoms with van der Waals surface area (Å²) < 4.78 is 0. The molecule has 6 nitrogen and oxygen atoms in total. The fraction of sp³-hybridized carbons (Fsp3) is 0.591. The van der Waals surface area contributed by atoms with E-state index in [-0.39, 0.29) is 36.7 Å². The Morgan fingerprint density at radius 2 is 1.71 bits per heavy atom. The normalized spacial score (nSPS) is 14.4. The first kappa shape index (κ1) is 21.9. The van der Waals surface area contributed by atoms with Gasteiger partial charge < -0.3 is 15.5 Å². The van der Waals surface area contributed by atoms with Gasteiger partial charge in [-0.25, -0.2) is 0 Å². The molecule has 0 atom stereocenters. The molecule has 0 aromatic heterocycles. The highest BCUT2D eigenvalue weighted by atomic mass is 16.2. The number of benzene rings is 1. The van der Waals surface area contributed by atoms with E-state index in [4.69, 9.17) is 0 Å². The predicted molar refractivity (Wildman–Crippen MR) is 111 cm³/mol. The number of nitrogens with zero attached hydrogens (tertiary/aromatic N) is 1. The third-order valence-corrected chi connectivity index (χ3v) is 5.16. The Hall–Kier alpha value is -2.37. The largest absolute Gasteiger partial charge is 0.345 e. The van der Waals surface area contributed by atoms with Crippen LogP contribution in [0.2, 0.25) is 0 Å². The zero-order valence-electron chi connectivity index (χ0n) is 17.1. The second-order valence-electron chi connectivity index (χ2n) is 7.64. The van der Waals surface area contributed by atoms with Gasteiger partial charge in [0.1, 0.15) is 0 Å². The average Bonchev–Trinajstić information content (AvgIpc) is 2.71. The van der Waals surface area contributed by atoms with Gasteiger partial charge in [0.15, 0.2) is 0 Å². The number of hydrogen-bond donors (Lipinski definition) is 2. The van der Waals surface area contributed by atoms with Crippen molar-refractivity contribution in [3.8, 4) is 0 Å². The van der Waals surface area contributed by atoms with E-state index in [1.165, 1.54) is 6.42 Å². The van der Waals surface area contributed by atoms with E-state index in [0.29, 0.717) is 12.2 Å². The lowest BCUT2D eigenvalue weighted by atomic mass is 9.88. The van der Waals surface area contributed by atoms with Gasteiger partial charge >= 0.3 is 0 Å². The van der Waals surface area contributed by atoms with Crippen molar-refractivity contribution < 1.29 is 14.4 Å². The molecule has 1 saturated carbocycles. The quantitative estimate of drug-likeness (QED) is 0.683. The molecule has 28 heavy (non-hydrogen) atoms. The molecule has 0 saturated heterocycles. The molecular formula is C22H33N3O3. The van der Waals surface area contributed by atoms with Crippen molar-refractivity contribution in [3.05, 3.63) is 29.8 Å². The van der Waals surface area contributed by atoms with Crippen molar-refractivity contribution in [3.63, 3.8) is 0 Å². The smallest absolute Gasteiger partial charge is 0.243 e. The van der Waals surface area contributed by atoms with Gasteiger partial charge in [-0.05, 0) is 38.3 Å². The van der Waals surface area contributed by atoms with Gasteiger partial charge in [0.05, 0.1) is 13.1 Å². The van der Waals surface area contributed by atoms with Crippen LogP contribution in [-0.4, -0.2) is 42.3 Å². The molecule has 1 aromatic rings. The van der Waals surface area contributed by atoms with Crippen molar-refractivity contribution in [2.24, 2.45) is 5.92 Å². The van der Waals surface area contributed by atoms with Gasteiger partial charge in [0.2, 0.25) is 17.7 Å². The summed E-state index contributed by atoms with van der Waals surface area (Å²) in [5, 5.41) is 5.39. The van der Waals surface area contributed by atoms with Crippen LogP contribution in [0.5, 0.6) is 0 Å². The molecule has 1 aromatic carbocycles. The van der Waals surface area contributed by atoms with E-state index < -0.39 is 0 Å². The molecule has 2 rings (SSSR count). The lowest BCUT2D eigenvalue weighted by Gasteiger charge is -2.29. The number of aryl methyl sites for hydroxylation is 1. The zero-order chi connectivity index (χ0) is 20.4. The Bertz CT molecular complexity index is 651. The predicted octanol–water partition coefficient (Wildman–Crippen LogP) is 3.26. The van der Waals surface area contributed by atoms with Crippen LogP contribution in [0.1, 0.15) is 57.4 Å². The highest BCUT2D eigenvalue weighted by molar-refractivity contribution is 5.95. The van der Waals surface area contributed by atoms with Crippen LogP contribution in [0, 0.1) is 12.8 Å². The molecule has 1 fully saturated rings. The molecule has 0 spiro atoms. The summed E-state index contributed by atoms with van der Waals surface area (Å²) in [5.41, 5.74) is 1.81. The molecular weight excluding hydrogens is 354 g/mol. The van der Waals surface area contributed by atoms with E-state index in [1.807, 2.05) is 31.2 Å². The first-order chi connectivity index (χ1) is 13.5. The van der Waals surface area contributed by atoms with Crippen molar-refractivity contribution in [2.75, 3.05) is 25.0 Å². The maximum atomic E-state index is 12.8. The Kier molecular flexibility index (Phi) is 8.98. The summed E-state index contributed by atoms with van der Waals surface area (Å²) in [7, 11) is 0. The lowest BCUT2D eigenvalue weighted by Crippen LogP contribution is -2.45. The molecule has 0 unspecified atom stereocenters.